The van der Waals surface area contributed by atoms with E-state index >= 15 is 0 Å². The molecule has 0 saturated carbocycles. The van der Waals surface area contributed by atoms with Gasteiger partial charge in [0, 0.05) is 58.0 Å². The Morgan fingerprint density at radius 1 is 0.500 bits per heavy atom. The molecular weight excluding hydrogens is 582 g/mol. The summed E-state index contributed by atoms with van der Waals surface area (Å²) in [4.78, 5) is 7.33. The van der Waals surface area contributed by atoms with Gasteiger partial charge in [-0.1, -0.05) is 27.7 Å². The van der Waals surface area contributed by atoms with Gasteiger partial charge in [-0.25, -0.2) is 0 Å². The van der Waals surface area contributed by atoms with Crippen molar-refractivity contribution >= 4 is 0 Å². The van der Waals surface area contributed by atoms with Gasteiger partial charge in [0.2, 0.25) is 0 Å². The summed E-state index contributed by atoms with van der Waals surface area (Å²) in [7, 11) is 0. The topological polar surface area (TPSA) is 65.1 Å². The van der Waals surface area contributed by atoms with E-state index < -0.39 is 0 Å². The summed E-state index contributed by atoms with van der Waals surface area (Å²) in [5.41, 5.74) is 0.754. The van der Waals surface area contributed by atoms with E-state index in [0.29, 0.717) is 24.2 Å². The van der Waals surface area contributed by atoms with Crippen molar-refractivity contribution in [3.63, 3.8) is 0 Å². The van der Waals surface area contributed by atoms with Gasteiger partial charge in [0.15, 0.2) is 0 Å². The van der Waals surface area contributed by atoms with E-state index in [4.69, 9.17) is 28.4 Å². The molecule has 0 aliphatic carbocycles. The van der Waals surface area contributed by atoms with Crippen molar-refractivity contribution in [2.24, 2.45) is 5.41 Å². The van der Waals surface area contributed by atoms with Crippen molar-refractivity contribution in [3.05, 3.63) is 0 Å². The normalized spacial score (nSPS) is 19.2. The van der Waals surface area contributed by atoms with Crippen LogP contribution in [0.1, 0.15) is 103 Å². The largest absolute Gasteiger partial charge is 0.379 e. The SMILES string of the molecule is CC(C)(C)CCN1CCOCC1.CC(C)(C)N1CCOCC1.CC(C)(C)OCCN1CCOCC1.CCCOCCOC(C)(C)C. The van der Waals surface area contributed by atoms with Crippen molar-refractivity contribution in [1.82, 2.24) is 14.7 Å². The summed E-state index contributed by atoms with van der Waals surface area (Å²) < 4.78 is 32.2. The second kappa shape index (κ2) is 24.7. The number of hydrogen-bond donors (Lipinski definition) is 0. The first-order valence-electron chi connectivity index (χ1n) is 18.1. The maximum Gasteiger partial charge on any atom is 0.0707 e. The molecule has 0 radical (unpaired) electrons. The van der Waals surface area contributed by atoms with E-state index in [9.17, 15) is 0 Å². The Hall–Kier alpha value is -0.360. The molecular formula is C37H79N3O6. The van der Waals surface area contributed by atoms with Gasteiger partial charge >= 0.3 is 0 Å². The van der Waals surface area contributed by atoms with Gasteiger partial charge in [0.25, 0.3) is 0 Å². The van der Waals surface area contributed by atoms with Crippen molar-refractivity contribution in [3.8, 4) is 0 Å². The first-order chi connectivity index (χ1) is 21.3. The Kier molecular flexibility index (Phi) is 24.5. The standard InChI is InChI=1S/C10H21NO2.C10H21NO.C9H20O2.C8H17NO/c1-10(2,3)13-9-6-11-4-7-12-8-5-11;1-10(2,3)4-5-11-6-8-12-9-7-11;1-5-6-10-7-8-11-9(2,3)4;1-8(2,3)9-4-6-10-7-5-9/h4-9H2,1-3H3;4-9H2,1-3H3;5-8H2,1-4H3;4-7H2,1-3H3. The van der Waals surface area contributed by atoms with Crippen LogP contribution in [0.25, 0.3) is 0 Å². The molecule has 0 aromatic carbocycles. The fourth-order valence-corrected chi connectivity index (χ4v) is 4.51. The average molecular weight is 662 g/mol. The Balaban J connectivity index is 0.000000590. The molecule has 3 saturated heterocycles. The van der Waals surface area contributed by atoms with Gasteiger partial charge in [-0.2, -0.15) is 0 Å². The zero-order chi connectivity index (χ0) is 35.1. The predicted octanol–water partition coefficient (Wildman–Crippen LogP) is 6.23. The van der Waals surface area contributed by atoms with Crippen molar-refractivity contribution < 1.29 is 28.4 Å². The van der Waals surface area contributed by atoms with Gasteiger partial charge < -0.3 is 28.4 Å². The zero-order valence-corrected chi connectivity index (χ0v) is 32.9. The summed E-state index contributed by atoms with van der Waals surface area (Å²) in [6.45, 7) is 45.4. The van der Waals surface area contributed by atoms with Crippen LogP contribution in [0.4, 0.5) is 0 Å². The van der Waals surface area contributed by atoms with Crippen LogP contribution in [-0.4, -0.2) is 150 Å². The molecule has 3 heterocycles. The first-order valence-corrected chi connectivity index (χ1v) is 18.1. The quantitative estimate of drug-likeness (QED) is 0.254. The molecule has 0 spiro atoms. The van der Waals surface area contributed by atoms with E-state index in [1.807, 2.05) is 20.8 Å². The highest BCUT2D eigenvalue weighted by Crippen LogP contribution is 2.19. The van der Waals surface area contributed by atoms with Gasteiger partial charge in [-0.15, -0.1) is 0 Å². The van der Waals surface area contributed by atoms with Crippen LogP contribution in [0.15, 0.2) is 0 Å². The molecule has 0 aromatic rings. The summed E-state index contributed by atoms with van der Waals surface area (Å²) in [6.07, 6.45) is 2.36. The third-order valence-electron chi connectivity index (χ3n) is 7.40. The van der Waals surface area contributed by atoms with E-state index in [1.54, 1.807) is 0 Å². The molecule has 0 unspecified atom stereocenters. The van der Waals surface area contributed by atoms with Crippen LogP contribution < -0.4 is 0 Å². The minimum Gasteiger partial charge on any atom is -0.379 e. The number of morpholine rings is 3. The lowest BCUT2D eigenvalue weighted by Gasteiger charge is -2.38. The van der Waals surface area contributed by atoms with Gasteiger partial charge in [0.1, 0.15) is 0 Å². The second-order valence-corrected chi connectivity index (χ2v) is 16.5. The molecule has 278 valence electrons. The Morgan fingerprint density at radius 3 is 1.28 bits per heavy atom. The summed E-state index contributed by atoms with van der Waals surface area (Å²) in [5, 5.41) is 0. The second-order valence-electron chi connectivity index (χ2n) is 16.5. The van der Waals surface area contributed by atoms with E-state index in [1.165, 1.54) is 13.0 Å². The molecule has 3 fully saturated rings. The number of ether oxygens (including phenoxy) is 6. The molecule has 0 atom stereocenters. The highest BCUT2D eigenvalue weighted by Gasteiger charge is 2.22. The number of hydrogen-bond acceptors (Lipinski definition) is 9. The molecule has 3 rings (SSSR count). The van der Waals surface area contributed by atoms with Gasteiger partial charge in [0.05, 0.1) is 70.7 Å². The monoisotopic (exact) mass is 662 g/mol. The summed E-state index contributed by atoms with van der Waals surface area (Å²) in [5.74, 6) is 0. The lowest BCUT2D eigenvalue weighted by atomic mass is 9.92. The third kappa shape index (κ3) is 30.9. The third-order valence-corrected chi connectivity index (χ3v) is 7.40. The van der Waals surface area contributed by atoms with Crippen LogP contribution >= 0.6 is 0 Å². The van der Waals surface area contributed by atoms with Crippen LogP contribution in [0, 0.1) is 5.41 Å². The van der Waals surface area contributed by atoms with Crippen molar-refractivity contribution in [2.75, 3.05) is 118 Å². The Bertz CT molecular complexity index is 679. The molecule has 9 heteroatoms. The van der Waals surface area contributed by atoms with Crippen LogP contribution in [0.3, 0.4) is 0 Å². The van der Waals surface area contributed by atoms with Crippen molar-refractivity contribution in [1.29, 1.82) is 0 Å². The van der Waals surface area contributed by atoms with Gasteiger partial charge in [-0.05, 0) is 87.1 Å². The fraction of sp³-hybridized carbons (Fsp3) is 1.00. The molecule has 0 bridgehead atoms. The highest BCUT2D eigenvalue weighted by atomic mass is 16.5. The maximum atomic E-state index is 5.65. The fourth-order valence-electron chi connectivity index (χ4n) is 4.51. The molecule has 0 aromatic heterocycles. The van der Waals surface area contributed by atoms with Crippen LogP contribution in [0.5, 0.6) is 0 Å². The van der Waals surface area contributed by atoms with Gasteiger partial charge in [-0.3, -0.25) is 14.7 Å². The molecule has 0 N–H and O–H groups in total. The highest BCUT2D eigenvalue weighted by molar-refractivity contribution is 4.77. The Morgan fingerprint density at radius 2 is 0.913 bits per heavy atom. The summed E-state index contributed by atoms with van der Waals surface area (Å²) >= 11 is 0. The van der Waals surface area contributed by atoms with Crippen LogP contribution in [-0.2, 0) is 28.4 Å². The van der Waals surface area contributed by atoms with Crippen LogP contribution in [0.2, 0.25) is 0 Å². The molecule has 46 heavy (non-hydrogen) atoms. The molecule has 3 aliphatic rings. The molecule has 0 amide bonds. The van der Waals surface area contributed by atoms with Crippen molar-refractivity contribution in [2.45, 2.75) is 120 Å². The Labute approximate surface area is 286 Å². The zero-order valence-electron chi connectivity index (χ0n) is 32.9. The molecule has 9 nitrogen and oxygen atoms in total. The maximum absolute atomic E-state index is 5.65. The summed E-state index contributed by atoms with van der Waals surface area (Å²) in [6, 6.07) is 0. The smallest absolute Gasteiger partial charge is 0.0707 e. The lowest BCUT2D eigenvalue weighted by Crippen LogP contribution is -2.47. The number of nitrogens with zero attached hydrogens (tertiary/aromatic N) is 3. The molecule has 3 aliphatic heterocycles. The number of rotatable bonds is 10. The van der Waals surface area contributed by atoms with E-state index in [0.717, 1.165) is 105 Å². The van der Waals surface area contributed by atoms with E-state index in [-0.39, 0.29) is 11.2 Å². The minimum absolute atomic E-state index is 0.00765. The van der Waals surface area contributed by atoms with E-state index in [2.05, 4.69) is 83.9 Å². The predicted molar refractivity (Wildman–Crippen MR) is 193 cm³/mol. The minimum atomic E-state index is -0.0322. The lowest BCUT2D eigenvalue weighted by molar-refractivity contribution is -0.0347. The first kappa shape index (κ1) is 45.6. The average Bonchev–Trinajstić information content (AvgIpc) is 2.97.